The van der Waals surface area contributed by atoms with Crippen molar-refractivity contribution < 1.29 is 13.3 Å². The molecule has 0 N–H and O–H groups in total. The minimum atomic E-state index is -2.44. The van der Waals surface area contributed by atoms with Crippen LogP contribution in [0.15, 0.2) is 0 Å². The lowest BCUT2D eigenvalue weighted by atomic mass is 9.81. The van der Waals surface area contributed by atoms with Gasteiger partial charge in [0.1, 0.15) is 0 Å². The quantitative estimate of drug-likeness (QED) is 0.698. The standard InChI is InChI=1S/C12H26O3Si/c1-10(2)11-8-6-7-9-12(11)16(13-3,14-4)15-5/h10-12H,6-9H2,1-5H3. The summed E-state index contributed by atoms with van der Waals surface area (Å²) in [4.78, 5) is 0. The summed E-state index contributed by atoms with van der Waals surface area (Å²) in [5.41, 5.74) is 0.473. The molecule has 0 saturated heterocycles. The van der Waals surface area contributed by atoms with E-state index in [1.165, 1.54) is 25.7 Å². The van der Waals surface area contributed by atoms with Crippen molar-refractivity contribution in [1.29, 1.82) is 0 Å². The van der Waals surface area contributed by atoms with Crippen LogP contribution in [0.5, 0.6) is 0 Å². The van der Waals surface area contributed by atoms with Crippen LogP contribution >= 0.6 is 0 Å². The highest BCUT2D eigenvalue weighted by molar-refractivity contribution is 6.62. The van der Waals surface area contributed by atoms with Gasteiger partial charge in [-0.2, -0.15) is 0 Å². The molecule has 1 aliphatic rings. The first kappa shape index (κ1) is 14.2. The number of hydrogen-bond acceptors (Lipinski definition) is 3. The molecule has 3 nitrogen and oxygen atoms in total. The SMILES string of the molecule is CO[Si](OC)(OC)C1CCCCC1C(C)C. The van der Waals surface area contributed by atoms with Crippen LogP contribution in [0, 0.1) is 11.8 Å². The molecule has 1 rings (SSSR count). The Morgan fingerprint density at radius 3 is 1.88 bits per heavy atom. The van der Waals surface area contributed by atoms with Gasteiger partial charge in [-0.15, -0.1) is 0 Å². The molecule has 96 valence electrons. The second-order valence-corrected chi connectivity index (χ2v) is 8.19. The molecule has 0 aromatic carbocycles. The van der Waals surface area contributed by atoms with Gasteiger partial charge in [0.15, 0.2) is 0 Å². The third-order valence-corrected chi connectivity index (χ3v) is 7.32. The Morgan fingerprint density at radius 2 is 1.44 bits per heavy atom. The largest absolute Gasteiger partial charge is 0.503 e. The third-order valence-electron chi connectivity index (χ3n) is 3.98. The highest BCUT2D eigenvalue weighted by Crippen LogP contribution is 2.45. The summed E-state index contributed by atoms with van der Waals surface area (Å²) in [7, 11) is 2.74. The smallest absolute Gasteiger partial charge is 0.377 e. The van der Waals surface area contributed by atoms with Crippen molar-refractivity contribution in [2.75, 3.05) is 21.3 Å². The summed E-state index contributed by atoms with van der Waals surface area (Å²) < 4.78 is 17.0. The van der Waals surface area contributed by atoms with E-state index < -0.39 is 8.80 Å². The van der Waals surface area contributed by atoms with Crippen LogP contribution in [0.1, 0.15) is 39.5 Å². The molecule has 0 aliphatic heterocycles. The molecular weight excluding hydrogens is 220 g/mol. The molecule has 0 heterocycles. The Morgan fingerprint density at radius 1 is 0.938 bits per heavy atom. The zero-order valence-electron chi connectivity index (χ0n) is 11.3. The molecule has 1 saturated carbocycles. The summed E-state index contributed by atoms with van der Waals surface area (Å²) in [5, 5.41) is 0. The van der Waals surface area contributed by atoms with E-state index in [1.54, 1.807) is 21.3 Å². The lowest BCUT2D eigenvalue weighted by Crippen LogP contribution is -2.51. The summed E-state index contributed by atoms with van der Waals surface area (Å²) in [5.74, 6) is 1.36. The van der Waals surface area contributed by atoms with Crippen LogP contribution in [0.3, 0.4) is 0 Å². The number of rotatable bonds is 5. The minimum absolute atomic E-state index is 0.473. The Balaban J connectivity index is 2.87. The summed E-state index contributed by atoms with van der Waals surface area (Å²) in [6.07, 6.45) is 5.08. The molecule has 1 aliphatic carbocycles. The lowest BCUT2D eigenvalue weighted by molar-refractivity contribution is 0.0844. The second-order valence-electron chi connectivity index (χ2n) is 5.01. The van der Waals surface area contributed by atoms with Crippen molar-refractivity contribution >= 4 is 8.80 Å². The first-order valence-electron chi connectivity index (χ1n) is 6.26. The van der Waals surface area contributed by atoms with E-state index in [4.69, 9.17) is 13.3 Å². The Hall–Kier alpha value is 0.0969. The zero-order valence-corrected chi connectivity index (χ0v) is 12.3. The predicted molar refractivity (Wildman–Crippen MR) is 67.3 cm³/mol. The molecule has 4 heteroatoms. The Labute approximate surface area is 101 Å². The van der Waals surface area contributed by atoms with E-state index in [2.05, 4.69) is 13.8 Å². The average molecular weight is 246 g/mol. The molecule has 0 spiro atoms. The van der Waals surface area contributed by atoms with Gasteiger partial charge in [0, 0.05) is 26.9 Å². The molecule has 2 unspecified atom stereocenters. The predicted octanol–water partition coefficient (Wildman–Crippen LogP) is 3.08. The van der Waals surface area contributed by atoms with E-state index in [0.29, 0.717) is 17.4 Å². The first-order valence-corrected chi connectivity index (χ1v) is 8.07. The van der Waals surface area contributed by atoms with Gasteiger partial charge < -0.3 is 13.3 Å². The van der Waals surface area contributed by atoms with E-state index in [1.807, 2.05) is 0 Å². The van der Waals surface area contributed by atoms with Gasteiger partial charge >= 0.3 is 8.80 Å². The summed E-state index contributed by atoms with van der Waals surface area (Å²) in [6.45, 7) is 4.59. The van der Waals surface area contributed by atoms with Crippen LogP contribution in [-0.2, 0) is 13.3 Å². The van der Waals surface area contributed by atoms with Gasteiger partial charge in [0.25, 0.3) is 0 Å². The molecular formula is C12H26O3Si. The Kier molecular flexibility index (Phi) is 5.44. The van der Waals surface area contributed by atoms with Gasteiger partial charge in [-0.1, -0.05) is 26.7 Å². The summed E-state index contributed by atoms with van der Waals surface area (Å²) >= 11 is 0. The van der Waals surface area contributed by atoms with Crippen LogP contribution in [0.2, 0.25) is 5.54 Å². The van der Waals surface area contributed by atoms with Gasteiger partial charge in [-0.25, -0.2) is 0 Å². The lowest BCUT2D eigenvalue weighted by Gasteiger charge is -2.41. The van der Waals surface area contributed by atoms with Gasteiger partial charge in [0.05, 0.1) is 0 Å². The fourth-order valence-corrected chi connectivity index (χ4v) is 6.14. The molecule has 0 aromatic rings. The Bertz CT molecular complexity index is 196. The minimum Gasteiger partial charge on any atom is -0.377 e. The molecule has 1 fully saturated rings. The monoisotopic (exact) mass is 246 g/mol. The zero-order chi connectivity index (χ0) is 12.2. The van der Waals surface area contributed by atoms with Gasteiger partial charge in [0.2, 0.25) is 0 Å². The van der Waals surface area contributed by atoms with Crippen molar-refractivity contribution in [3.8, 4) is 0 Å². The van der Waals surface area contributed by atoms with Gasteiger partial charge in [-0.05, 0) is 24.7 Å². The third kappa shape index (κ3) is 2.67. The average Bonchev–Trinajstić information content (AvgIpc) is 2.32. The molecule has 0 bridgehead atoms. The highest BCUT2D eigenvalue weighted by Gasteiger charge is 2.51. The highest BCUT2D eigenvalue weighted by atomic mass is 28.4. The molecule has 16 heavy (non-hydrogen) atoms. The van der Waals surface area contributed by atoms with Crippen molar-refractivity contribution in [1.82, 2.24) is 0 Å². The summed E-state index contributed by atoms with van der Waals surface area (Å²) in [6, 6.07) is 0. The van der Waals surface area contributed by atoms with E-state index in [9.17, 15) is 0 Å². The first-order chi connectivity index (χ1) is 7.61. The fraction of sp³-hybridized carbons (Fsp3) is 1.00. The second kappa shape index (κ2) is 6.14. The topological polar surface area (TPSA) is 27.7 Å². The maximum absolute atomic E-state index is 5.65. The van der Waals surface area contributed by atoms with Crippen molar-refractivity contribution in [3.63, 3.8) is 0 Å². The molecule has 0 aromatic heterocycles. The fourth-order valence-electron chi connectivity index (χ4n) is 3.10. The van der Waals surface area contributed by atoms with E-state index in [0.717, 1.165) is 0 Å². The van der Waals surface area contributed by atoms with Gasteiger partial charge in [-0.3, -0.25) is 0 Å². The van der Waals surface area contributed by atoms with Crippen LogP contribution in [-0.4, -0.2) is 30.1 Å². The number of hydrogen-bond donors (Lipinski definition) is 0. The normalized spacial score (nSPS) is 27.4. The van der Waals surface area contributed by atoms with Crippen LogP contribution in [0.4, 0.5) is 0 Å². The van der Waals surface area contributed by atoms with Crippen LogP contribution < -0.4 is 0 Å². The van der Waals surface area contributed by atoms with Crippen molar-refractivity contribution in [3.05, 3.63) is 0 Å². The van der Waals surface area contributed by atoms with Crippen molar-refractivity contribution in [2.45, 2.75) is 45.1 Å². The van der Waals surface area contributed by atoms with Crippen LogP contribution in [0.25, 0.3) is 0 Å². The van der Waals surface area contributed by atoms with E-state index >= 15 is 0 Å². The molecule has 0 radical (unpaired) electrons. The maximum Gasteiger partial charge on any atom is 0.503 e. The maximum atomic E-state index is 5.65. The van der Waals surface area contributed by atoms with E-state index in [-0.39, 0.29) is 0 Å². The molecule has 0 amide bonds. The molecule has 2 atom stereocenters. The van der Waals surface area contributed by atoms with Crippen molar-refractivity contribution in [2.24, 2.45) is 11.8 Å².